The first-order chi connectivity index (χ1) is 8.16. The minimum Gasteiger partial charge on any atom is -0.204 e. The van der Waals surface area contributed by atoms with Crippen LogP contribution in [0.2, 0.25) is 0 Å². The van der Waals surface area contributed by atoms with Crippen molar-refractivity contribution in [3.8, 4) is 10.4 Å². The topological polar surface area (TPSA) is 41.6 Å². The fourth-order valence-electron chi connectivity index (χ4n) is 1.60. The van der Waals surface area contributed by atoms with Gasteiger partial charge in [-0.05, 0) is 28.1 Å². The van der Waals surface area contributed by atoms with Crippen molar-refractivity contribution < 1.29 is 8.78 Å². The quantitative estimate of drug-likeness (QED) is 0.743. The number of fused-ring (bicyclic) bond motifs is 1. The van der Waals surface area contributed by atoms with E-state index >= 15 is 0 Å². The average Bonchev–Trinajstić information content (AvgIpc) is 2.89. The number of aromatic nitrogens is 3. The van der Waals surface area contributed by atoms with Gasteiger partial charge >= 0.3 is 0 Å². The van der Waals surface area contributed by atoms with Crippen molar-refractivity contribution in [3.05, 3.63) is 33.6 Å². The lowest BCUT2D eigenvalue weighted by Crippen LogP contribution is -1.90. The van der Waals surface area contributed by atoms with E-state index in [1.165, 1.54) is 11.3 Å². The first kappa shape index (κ1) is 10.8. The first-order valence-electron chi connectivity index (χ1n) is 4.61. The summed E-state index contributed by atoms with van der Waals surface area (Å²) in [6.45, 7) is 0. The number of hydrogen-bond donors (Lipinski definition) is 1. The molecule has 0 bridgehead atoms. The minimum absolute atomic E-state index is 0.143. The van der Waals surface area contributed by atoms with Crippen LogP contribution in [0.25, 0.3) is 21.5 Å². The fraction of sp³-hybridized carbons (Fsp3) is 0. The normalized spacial score (nSPS) is 11.2. The molecule has 0 aliphatic carbocycles. The molecule has 2 heterocycles. The Morgan fingerprint density at radius 2 is 2.06 bits per heavy atom. The van der Waals surface area contributed by atoms with E-state index in [-0.39, 0.29) is 5.56 Å². The maximum atomic E-state index is 13.8. The van der Waals surface area contributed by atoms with Crippen molar-refractivity contribution in [3.63, 3.8) is 0 Å². The lowest BCUT2D eigenvalue weighted by molar-refractivity contribution is 0.513. The number of thiophene rings is 1. The van der Waals surface area contributed by atoms with Crippen LogP contribution in [0.15, 0.2) is 22.0 Å². The van der Waals surface area contributed by atoms with Crippen molar-refractivity contribution in [2.75, 3.05) is 0 Å². The van der Waals surface area contributed by atoms with E-state index in [0.29, 0.717) is 15.9 Å². The summed E-state index contributed by atoms with van der Waals surface area (Å²) in [4.78, 5) is 0.604. The van der Waals surface area contributed by atoms with Gasteiger partial charge in [0, 0.05) is 10.9 Å². The Kier molecular flexibility index (Phi) is 2.44. The standard InChI is InChI=1S/C10H4BrF2N3S/c11-7-2-1-6(17-7)8-9(13)4(12)3-5-10(8)15-16-14-5/h1-3H,(H,14,15,16). The van der Waals surface area contributed by atoms with Gasteiger partial charge in [-0.15, -0.1) is 11.3 Å². The molecule has 2 aromatic heterocycles. The molecule has 0 aliphatic rings. The van der Waals surface area contributed by atoms with Gasteiger partial charge in [-0.1, -0.05) is 0 Å². The maximum Gasteiger partial charge on any atom is 0.169 e. The molecule has 0 saturated carbocycles. The molecule has 17 heavy (non-hydrogen) atoms. The van der Waals surface area contributed by atoms with E-state index < -0.39 is 11.6 Å². The number of hydrogen-bond acceptors (Lipinski definition) is 3. The van der Waals surface area contributed by atoms with Crippen molar-refractivity contribution in [1.82, 2.24) is 15.4 Å². The van der Waals surface area contributed by atoms with E-state index in [2.05, 4.69) is 31.3 Å². The zero-order valence-electron chi connectivity index (χ0n) is 8.17. The SMILES string of the molecule is Fc1cc2n[nH]nc2c(-c2ccc(Br)s2)c1F. The number of H-pyrrole nitrogens is 1. The summed E-state index contributed by atoms with van der Waals surface area (Å²) in [6.07, 6.45) is 0. The smallest absolute Gasteiger partial charge is 0.169 e. The van der Waals surface area contributed by atoms with E-state index in [1.807, 2.05) is 0 Å². The average molecular weight is 316 g/mol. The first-order valence-corrected chi connectivity index (χ1v) is 6.22. The van der Waals surface area contributed by atoms with Crippen LogP contribution in [0.3, 0.4) is 0 Å². The molecule has 0 aliphatic heterocycles. The van der Waals surface area contributed by atoms with Crippen LogP contribution in [0.1, 0.15) is 0 Å². The second-order valence-electron chi connectivity index (χ2n) is 3.34. The molecule has 3 nitrogen and oxygen atoms in total. The molecule has 86 valence electrons. The lowest BCUT2D eigenvalue weighted by atomic mass is 10.1. The van der Waals surface area contributed by atoms with Crippen LogP contribution in [0.5, 0.6) is 0 Å². The van der Waals surface area contributed by atoms with E-state index in [1.54, 1.807) is 12.1 Å². The highest BCUT2D eigenvalue weighted by Gasteiger charge is 2.19. The molecule has 0 atom stereocenters. The van der Waals surface area contributed by atoms with Crippen molar-refractivity contribution in [1.29, 1.82) is 0 Å². The number of halogens is 3. The molecule has 3 aromatic rings. The van der Waals surface area contributed by atoms with Crippen LogP contribution in [-0.2, 0) is 0 Å². The Labute approximate surface area is 107 Å². The van der Waals surface area contributed by atoms with Gasteiger partial charge < -0.3 is 0 Å². The molecule has 3 rings (SSSR count). The van der Waals surface area contributed by atoms with Crippen LogP contribution in [-0.4, -0.2) is 15.4 Å². The molecule has 1 N–H and O–H groups in total. The predicted molar refractivity (Wildman–Crippen MR) is 64.8 cm³/mol. The zero-order chi connectivity index (χ0) is 12.0. The van der Waals surface area contributed by atoms with Crippen LogP contribution in [0.4, 0.5) is 8.78 Å². The van der Waals surface area contributed by atoms with Crippen LogP contribution in [0, 0.1) is 11.6 Å². The molecule has 0 fully saturated rings. The monoisotopic (exact) mass is 315 g/mol. The number of aromatic amines is 1. The van der Waals surface area contributed by atoms with E-state index in [4.69, 9.17) is 0 Å². The molecule has 0 unspecified atom stereocenters. The van der Waals surface area contributed by atoms with Gasteiger partial charge in [-0.2, -0.15) is 15.4 Å². The van der Waals surface area contributed by atoms with Gasteiger partial charge in [-0.25, -0.2) is 8.78 Å². The maximum absolute atomic E-state index is 13.8. The summed E-state index contributed by atoms with van der Waals surface area (Å²) in [6, 6.07) is 4.51. The highest BCUT2D eigenvalue weighted by molar-refractivity contribution is 9.11. The Morgan fingerprint density at radius 1 is 1.24 bits per heavy atom. The van der Waals surface area contributed by atoms with E-state index in [0.717, 1.165) is 9.85 Å². The summed E-state index contributed by atoms with van der Waals surface area (Å²) in [7, 11) is 0. The van der Waals surface area contributed by atoms with Crippen molar-refractivity contribution >= 4 is 38.3 Å². The third kappa shape index (κ3) is 1.66. The summed E-state index contributed by atoms with van der Waals surface area (Å²) in [5, 5.41) is 9.99. The third-order valence-electron chi connectivity index (χ3n) is 2.32. The molecular weight excluding hydrogens is 312 g/mol. The minimum atomic E-state index is -0.925. The van der Waals surface area contributed by atoms with E-state index in [9.17, 15) is 8.78 Å². The number of rotatable bonds is 1. The highest BCUT2D eigenvalue weighted by Crippen LogP contribution is 2.37. The molecule has 1 aromatic carbocycles. The molecule has 0 amide bonds. The second-order valence-corrected chi connectivity index (χ2v) is 5.81. The number of benzene rings is 1. The van der Waals surface area contributed by atoms with Gasteiger partial charge in [-0.3, -0.25) is 0 Å². The Balaban J connectivity index is 2.40. The summed E-state index contributed by atoms with van der Waals surface area (Å²) in [5.41, 5.74) is 0.783. The zero-order valence-corrected chi connectivity index (χ0v) is 10.6. The predicted octanol–water partition coefficient (Wildman–Crippen LogP) is 3.73. The lowest BCUT2D eigenvalue weighted by Gasteiger charge is -2.01. The summed E-state index contributed by atoms with van der Waals surface area (Å²) >= 11 is 4.60. The fourth-order valence-corrected chi connectivity index (χ4v) is 3.03. The molecular formula is C10H4BrF2N3S. The molecule has 0 radical (unpaired) electrons. The van der Waals surface area contributed by atoms with Gasteiger partial charge in [0.2, 0.25) is 0 Å². The van der Waals surface area contributed by atoms with Gasteiger partial charge in [0.1, 0.15) is 11.0 Å². The molecule has 0 spiro atoms. The van der Waals surface area contributed by atoms with Crippen LogP contribution < -0.4 is 0 Å². The Bertz CT molecular complexity index is 707. The summed E-state index contributed by atoms with van der Waals surface area (Å²) in [5.74, 6) is -1.83. The van der Waals surface area contributed by atoms with Crippen molar-refractivity contribution in [2.45, 2.75) is 0 Å². The largest absolute Gasteiger partial charge is 0.204 e. The second kappa shape index (κ2) is 3.85. The van der Waals surface area contributed by atoms with Gasteiger partial charge in [0.05, 0.1) is 9.35 Å². The number of nitrogens with one attached hydrogen (secondary N) is 1. The molecule has 7 heteroatoms. The third-order valence-corrected chi connectivity index (χ3v) is 3.97. The van der Waals surface area contributed by atoms with Gasteiger partial charge in [0.15, 0.2) is 11.6 Å². The molecule has 0 saturated heterocycles. The van der Waals surface area contributed by atoms with Gasteiger partial charge in [0.25, 0.3) is 0 Å². The Morgan fingerprint density at radius 3 is 2.76 bits per heavy atom. The van der Waals surface area contributed by atoms with Crippen molar-refractivity contribution in [2.24, 2.45) is 0 Å². The van der Waals surface area contributed by atoms with Crippen LogP contribution >= 0.6 is 27.3 Å². The number of nitrogens with zero attached hydrogens (tertiary/aromatic N) is 2. The Hall–Kier alpha value is -1.34. The highest BCUT2D eigenvalue weighted by atomic mass is 79.9. The summed E-state index contributed by atoms with van der Waals surface area (Å²) < 4.78 is 28.1.